The topological polar surface area (TPSA) is 89.0 Å². The Hall–Kier alpha value is -3.76. The van der Waals surface area contributed by atoms with Gasteiger partial charge in [0.2, 0.25) is 0 Å². The van der Waals surface area contributed by atoms with Gasteiger partial charge in [0.15, 0.2) is 11.5 Å². The quantitative estimate of drug-likeness (QED) is 0.201. The summed E-state index contributed by atoms with van der Waals surface area (Å²) in [7, 11) is 0. The maximum atomic E-state index is 12.6. The molecule has 194 valence electrons. The third-order valence-electron chi connectivity index (χ3n) is 4.72. The Balaban J connectivity index is 1.59. The van der Waals surface area contributed by atoms with Gasteiger partial charge in [-0.2, -0.15) is 18.3 Å². The summed E-state index contributed by atoms with van der Waals surface area (Å²) in [5, 5.41) is 6.90. The van der Waals surface area contributed by atoms with Crippen molar-refractivity contribution in [2.75, 3.05) is 11.9 Å². The molecule has 37 heavy (non-hydrogen) atoms. The lowest BCUT2D eigenvalue weighted by Crippen LogP contribution is -2.32. The number of hydrazone groups is 1. The zero-order valence-electron chi connectivity index (χ0n) is 19.2. The fourth-order valence-corrected chi connectivity index (χ4v) is 3.40. The number of hydrogen-bond acceptors (Lipinski definition) is 5. The first-order chi connectivity index (χ1) is 17.6. The Morgan fingerprint density at radius 2 is 1.68 bits per heavy atom. The van der Waals surface area contributed by atoms with Gasteiger partial charge in [0.1, 0.15) is 6.61 Å². The summed E-state index contributed by atoms with van der Waals surface area (Å²) in [6.07, 6.45) is -3.23. The zero-order chi connectivity index (χ0) is 27.0. The maximum Gasteiger partial charge on any atom is 0.416 e. The molecule has 0 radical (unpaired) electrons. The van der Waals surface area contributed by atoms with E-state index in [1.54, 1.807) is 43.3 Å². The lowest BCUT2D eigenvalue weighted by atomic mass is 10.2. The van der Waals surface area contributed by atoms with Crippen molar-refractivity contribution in [1.82, 2.24) is 5.43 Å². The van der Waals surface area contributed by atoms with Gasteiger partial charge in [0.05, 0.1) is 18.4 Å². The predicted molar refractivity (Wildman–Crippen MR) is 134 cm³/mol. The Morgan fingerprint density at radius 1 is 0.946 bits per heavy atom. The average molecular weight is 554 g/mol. The summed E-state index contributed by atoms with van der Waals surface area (Å²) in [5.41, 5.74) is 2.46. The molecule has 0 bridgehead atoms. The standard InChI is InChI=1S/C25H20Cl2F3N3O4/c1-2-36-22-11-15(3-10-21(22)37-14-16-4-7-18(26)12-20(16)27)13-31-33-24(35)23(34)32-19-8-5-17(6-9-19)25(28,29)30/h3-13H,2,14H2,1H3,(H,32,34)(H,33,35)/b31-13+. The molecule has 2 N–H and O–H groups in total. The second-order valence-corrected chi connectivity index (χ2v) is 8.24. The predicted octanol–water partition coefficient (Wildman–Crippen LogP) is 6.08. The van der Waals surface area contributed by atoms with Gasteiger partial charge >= 0.3 is 18.0 Å². The highest BCUT2D eigenvalue weighted by Gasteiger charge is 2.30. The first-order valence-corrected chi connectivity index (χ1v) is 11.5. The van der Waals surface area contributed by atoms with E-state index in [0.29, 0.717) is 33.7 Å². The number of amides is 2. The smallest absolute Gasteiger partial charge is 0.416 e. The van der Waals surface area contributed by atoms with Gasteiger partial charge in [-0.15, -0.1) is 0 Å². The molecule has 0 spiro atoms. The van der Waals surface area contributed by atoms with E-state index in [1.165, 1.54) is 6.21 Å². The van der Waals surface area contributed by atoms with Crippen LogP contribution >= 0.6 is 23.2 Å². The van der Waals surface area contributed by atoms with Crippen LogP contribution in [0.25, 0.3) is 0 Å². The molecule has 0 atom stereocenters. The Labute approximate surface area is 220 Å². The van der Waals surface area contributed by atoms with E-state index in [1.807, 2.05) is 0 Å². The van der Waals surface area contributed by atoms with Crippen LogP contribution in [0.2, 0.25) is 10.0 Å². The molecule has 0 aliphatic heterocycles. The normalized spacial score (nSPS) is 11.3. The third-order valence-corrected chi connectivity index (χ3v) is 5.31. The van der Waals surface area contributed by atoms with Crippen molar-refractivity contribution in [3.05, 3.63) is 87.4 Å². The molecule has 0 saturated carbocycles. The monoisotopic (exact) mass is 553 g/mol. The van der Waals surface area contributed by atoms with Crippen molar-refractivity contribution in [3.63, 3.8) is 0 Å². The van der Waals surface area contributed by atoms with Gasteiger partial charge in [0, 0.05) is 21.3 Å². The second kappa shape index (κ2) is 12.5. The molecule has 3 rings (SSSR count). The van der Waals surface area contributed by atoms with Gasteiger partial charge < -0.3 is 14.8 Å². The van der Waals surface area contributed by atoms with E-state index >= 15 is 0 Å². The molecule has 0 saturated heterocycles. The molecule has 0 fully saturated rings. The molecule has 3 aromatic carbocycles. The van der Waals surface area contributed by atoms with E-state index in [9.17, 15) is 22.8 Å². The molecule has 7 nitrogen and oxygen atoms in total. The van der Waals surface area contributed by atoms with Crippen molar-refractivity contribution in [3.8, 4) is 11.5 Å². The summed E-state index contributed by atoms with van der Waals surface area (Å²) in [6.45, 7) is 2.34. The summed E-state index contributed by atoms with van der Waals surface area (Å²) in [5.74, 6) is -1.34. The van der Waals surface area contributed by atoms with Crippen molar-refractivity contribution in [1.29, 1.82) is 0 Å². The number of halogens is 5. The minimum absolute atomic E-state index is 0.0222. The van der Waals surface area contributed by atoms with E-state index in [-0.39, 0.29) is 12.3 Å². The lowest BCUT2D eigenvalue weighted by molar-refractivity contribution is -0.137. The molecule has 2 amide bonds. The van der Waals surface area contributed by atoms with Gasteiger partial charge in [0.25, 0.3) is 0 Å². The van der Waals surface area contributed by atoms with Crippen LogP contribution in [-0.2, 0) is 22.4 Å². The molecule has 0 unspecified atom stereocenters. The fraction of sp³-hybridized carbons (Fsp3) is 0.160. The number of anilines is 1. The van der Waals surface area contributed by atoms with Crippen LogP contribution in [-0.4, -0.2) is 24.6 Å². The molecule has 12 heteroatoms. The molecule has 0 aliphatic carbocycles. The van der Waals surface area contributed by atoms with E-state index < -0.39 is 23.6 Å². The van der Waals surface area contributed by atoms with Gasteiger partial charge in [-0.3, -0.25) is 9.59 Å². The maximum absolute atomic E-state index is 12.6. The van der Waals surface area contributed by atoms with E-state index in [0.717, 1.165) is 29.8 Å². The number of hydrogen-bond donors (Lipinski definition) is 2. The minimum Gasteiger partial charge on any atom is -0.490 e. The Bertz CT molecular complexity index is 1300. The number of ether oxygens (including phenoxy) is 2. The number of carbonyl (C=O) groups excluding carboxylic acids is 2. The van der Waals surface area contributed by atoms with Crippen molar-refractivity contribution in [2.24, 2.45) is 5.10 Å². The fourth-order valence-electron chi connectivity index (χ4n) is 2.93. The summed E-state index contributed by atoms with van der Waals surface area (Å²) >= 11 is 12.1. The number of carbonyl (C=O) groups is 2. The van der Waals surface area contributed by atoms with Crippen LogP contribution in [0, 0.1) is 0 Å². The van der Waals surface area contributed by atoms with Crippen molar-refractivity contribution < 1.29 is 32.2 Å². The molecular formula is C25H20Cl2F3N3O4. The Kier molecular flexibility index (Phi) is 9.37. The van der Waals surface area contributed by atoms with E-state index in [4.69, 9.17) is 32.7 Å². The molecular weight excluding hydrogens is 534 g/mol. The second-order valence-electron chi connectivity index (χ2n) is 7.39. The molecule has 0 aliphatic rings. The third kappa shape index (κ3) is 8.12. The first-order valence-electron chi connectivity index (χ1n) is 10.7. The largest absolute Gasteiger partial charge is 0.490 e. The van der Waals surface area contributed by atoms with Crippen LogP contribution < -0.4 is 20.2 Å². The highest BCUT2D eigenvalue weighted by Crippen LogP contribution is 2.31. The first kappa shape index (κ1) is 27.8. The van der Waals surface area contributed by atoms with Crippen LogP contribution in [0.15, 0.2) is 65.8 Å². The number of rotatable bonds is 8. The van der Waals surface area contributed by atoms with Gasteiger partial charge in [-0.05, 0) is 67.1 Å². The van der Waals surface area contributed by atoms with Crippen LogP contribution in [0.5, 0.6) is 11.5 Å². The van der Waals surface area contributed by atoms with Gasteiger partial charge in [-0.25, -0.2) is 5.43 Å². The SMILES string of the molecule is CCOc1cc(/C=N/NC(=O)C(=O)Nc2ccc(C(F)(F)F)cc2)ccc1OCc1ccc(Cl)cc1Cl. The highest BCUT2D eigenvalue weighted by molar-refractivity contribution is 6.39. The number of alkyl halides is 3. The lowest BCUT2D eigenvalue weighted by Gasteiger charge is -2.13. The van der Waals surface area contributed by atoms with Crippen LogP contribution in [0.3, 0.4) is 0 Å². The van der Waals surface area contributed by atoms with Gasteiger partial charge in [-0.1, -0.05) is 29.3 Å². The number of benzene rings is 3. The molecule has 3 aromatic rings. The highest BCUT2D eigenvalue weighted by atomic mass is 35.5. The van der Waals surface area contributed by atoms with Crippen molar-refractivity contribution >= 4 is 46.9 Å². The van der Waals surface area contributed by atoms with Crippen molar-refractivity contribution in [2.45, 2.75) is 19.7 Å². The summed E-state index contributed by atoms with van der Waals surface area (Å²) < 4.78 is 49.3. The van der Waals surface area contributed by atoms with E-state index in [2.05, 4.69) is 15.8 Å². The summed E-state index contributed by atoms with van der Waals surface area (Å²) in [6, 6.07) is 13.7. The molecule has 0 aromatic heterocycles. The van der Waals surface area contributed by atoms with Crippen LogP contribution in [0.1, 0.15) is 23.6 Å². The summed E-state index contributed by atoms with van der Waals surface area (Å²) in [4.78, 5) is 24.0. The zero-order valence-corrected chi connectivity index (χ0v) is 20.7. The molecule has 0 heterocycles. The number of nitrogens with one attached hydrogen (secondary N) is 2. The minimum atomic E-state index is -4.51. The number of nitrogens with zero attached hydrogens (tertiary/aromatic N) is 1. The Morgan fingerprint density at radius 3 is 2.32 bits per heavy atom. The van der Waals surface area contributed by atoms with Crippen LogP contribution in [0.4, 0.5) is 18.9 Å². The average Bonchev–Trinajstić information content (AvgIpc) is 2.84.